The third-order valence-corrected chi connectivity index (χ3v) is 4.92. The molecule has 0 unspecified atom stereocenters. The van der Waals surface area contributed by atoms with Crippen LogP contribution in [0.4, 0.5) is 20.4 Å². The van der Waals surface area contributed by atoms with Crippen molar-refractivity contribution < 1.29 is 14.3 Å². The number of amides is 3. The lowest BCUT2D eigenvalue weighted by molar-refractivity contribution is 0.0636. The van der Waals surface area contributed by atoms with Crippen molar-refractivity contribution in [1.29, 1.82) is 0 Å². The maximum Gasteiger partial charge on any atom is 0.413 e. The number of hydrogen-bond donors (Lipinski definition) is 3. The van der Waals surface area contributed by atoms with Crippen molar-refractivity contribution in [2.75, 3.05) is 10.6 Å². The highest BCUT2D eigenvalue weighted by Gasteiger charge is 2.17. The first-order chi connectivity index (χ1) is 14.2. The summed E-state index contributed by atoms with van der Waals surface area (Å²) in [5, 5.41) is 10.9. The first-order valence-corrected chi connectivity index (χ1v) is 11.2. The standard InChI is InChI=1S/C22H32N4O3S/c1-6-8-16(9-7-2)23-19(27)24-17-12-10-15(11-13-17)18-14-30-20(25-18)26-21(28)29-22(3,4)5/h10-14,16H,6-9H2,1-5H3,(H2,23,24,27)(H,25,26,28). The van der Waals surface area contributed by atoms with Gasteiger partial charge in [-0.25, -0.2) is 14.6 Å². The van der Waals surface area contributed by atoms with Gasteiger partial charge < -0.3 is 15.4 Å². The van der Waals surface area contributed by atoms with Gasteiger partial charge in [0.05, 0.1) is 5.69 Å². The lowest BCUT2D eigenvalue weighted by Gasteiger charge is -2.18. The van der Waals surface area contributed by atoms with Crippen LogP contribution in [-0.2, 0) is 4.74 Å². The molecule has 1 heterocycles. The van der Waals surface area contributed by atoms with Gasteiger partial charge in [-0.1, -0.05) is 38.8 Å². The van der Waals surface area contributed by atoms with Crippen LogP contribution in [0, 0.1) is 0 Å². The lowest BCUT2D eigenvalue weighted by Crippen LogP contribution is -2.37. The molecule has 0 aliphatic rings. The SMILES string of the molecule is CCCC(CCC)NC(=O)Nc1ccc(-c2csc(NC(=O)OC(C)(C)C)n2)cc1. The molecular weight excluding hydrogens is 400 g/mol. The first kappa shape index (κ1) is 23.7. The Morgan fingerprint density at radius 1 is 1.07 bits per heavy atom. The Hall–Kier alpha value is -2.61. The minimum absolute atomic E-state index is 0.188. The number of thiazole rings is 1. The Balaban J connectivity index is 1.93. The van der Waals surface area contributed by atoms with E-state index < -0.39 is 11.7 Å². The van der Waals surface area contributed by atoms with Gasteiger partial charge in [-0.05, 0) is 45.7 Å². The summed E-state index contributed by atoms with van der Waals surface area (Å²) in [4.78, 5) is 28.5. The number of nitrogens with zero attached hydrogens (tertiary/aromatic N) is 1. The summed E-state index contributed by atoms with van der Waals surface area (Å²) in [6.07, 6.45) is 3.50. The van der Waals surface area contributed by atoms with E-state index in [-0.39, 0.29) is 12.1 Å². The van der Waals surface area contributed by atoms with E-state index in [1.54, 1.807) is 0 Å². The maximum atomic E-state index is 12.2. The number of urea groups is 1. The molecule has 0 aliphatic heterocycles. The van der Waals surface area contributed by atoms with Crippen LogP contribution in [0.1, 0.15) is 60.3 Å². The highest BCUT2D eigenvalue weighted by molar-refractivity contribution is 7.14. The van der Waals surface area contributed by atoms with Crippen molar-refractivity contribution in [2.24, 2.45) is 0 Å². The van der Waals surface area contributed by atoms with Crippen molar-refractivity contribution in [3.63, 3.8) is 0 Å². The van der Waals surface area contributed by atoms with Crippen molar-refractivity contribution in [1.82, 2.24) is 10.3 Å². The Labute approximate surface area is 182 Å². The average molecular weight is 433 g/mol. The molecule has 0 bridgehead atoms. The van der Waals surface area contributed by atoms with E-state index in [9.17, 15) is 9.59 Å². The molecule has 0 fully saturated rings. The Bertz CT molecular complexity index is 822. The van der Waals surface area contributed by atoms with Gasteiger partial charge in [0, 0.05) is 22.7 Å². The fraction of sp³-hybridized carbons (Fsp3) is 0.500. The second kappa shape index (κ2) is 11.0. The highest BCUT2D eigenvalue weighted by atomic mass is 32.1. The fourth-order valence-electron chi connectivity index (χ4n) is 2.92. The summed E-state index contributed by atoms with van der Waals surface area (Å²) in [6, 6.07) is 7.46. The van der Waals surface area contributed by atoms with Crippen LogP contribution in [0.3, 0.4) is 0 Å². The Morgan fingerprint density at radius 2 is 1.70 bits per heavy atom. The zero-order valence-electron chi connectivity index (χ0n) is 18.4. The van der Waals surface area contributed by atoms with Gasteiger partial charge in [0.1, 0.15) is 5.60 Å². The van der Waals surface area contributed by atoms with Gasteiger partial charge >= 0.3 is 12.1 Å². The first-order valence-electron chi connectivity index (χ1n) is 10.3. The quantitative estimate of drug-likeness (QED) is 0.460. The number of carbonyl (C=O) groups is 2. The Morgan fingerprint density at radius 3 is 2.27 bits per heavy atom. The van der Waals surface area contributed by atoms with Crippen LogP contribution in [0.2, 0.25) is 0 Å². The number of hydrogen-bond acceptors (Lipinski definition) is 5. The molecule has 8 heteroatoms. The summed E-state index contributed by atoms with van der Waals surface area (Å²) in [7, 11) is 0. The van der Waals surface area contributed by atoms with Crippen molar-refractivity contribution in [2.45, 2.75) is 71.9 Å². The molecule has 0 aliphatic carbocycles. The number of rotatable bonds is 8. The van der Waals surface area contributed by atoms with Crippen molar-refractivity contribution in [3.05, 3.63) is 29.6 Å². The average Bonchev–Trinajstić information content (AvgIpc) is 3.09. The number of ether oxygens (including phenoxy) is 1. The van der Waals surface area contributed by atoms with Crippen molar-refractivity contribution >= 4 is 34.3 Å². The monoisotopic (exact) mass is 432 g/mol. The molecule has 0 spiro atoms. The molecule has 0 saturated heterocycles. The summed E-state index contributed by atoms with van der Waals surface area (Å²) in [6.45, 7) is 9.66. The molecule has 0 atom stereocenters. The molecule has 3 amide bonds. The minimum atomic E-state index is -0.563. The fourth-order valence-corrected chi connectivity index (χ4v) is 3.62. The molecule has 1 aromatic carbocycles. The predicted molar refractivity (Wildman–Crippen MR) is 123 cm³/mol. The summed E-state index contributed by atoms with van der Waals surface area (Å²) in [5.41, 5.74) is 1.79. The van der Waals surface area contributed by atoms with Crippen LogP contribution >= 0.6 is 11.3 Å². The zero-order valence-corrected chi connectivity index (χ0v) is 19.2. The topological polar surface area (TPSA) is 92.4 Å². The molecule has 3 N–H and O–H groups in total. The van der Waals surface area contributed by atoms with Crippen LogP contribution in [-0.4, -0.2) is 28.8 Å². The summed E-state index contributed by atoms with van der Waals surface area (Å²) < 4.78 is 5.24. The second-order valence-electron chi connectivity index (χ2n) is 8.11. The van der Waals surface area contributed by atoms with Gasteiger partial charge in [-0.2, -0.15) is 0 Å². The summed E-state index contributed by atoms with van der Waals surface area (Å²) >= 11 is 1.33. The maximum absolute atomic E-state index is 12.2. The van der Waals surface area contributed by atoms with E-state index in [0.717, 1.165) is 36.9 Å². The number of aromatic nitrogens is 1. The van der Waals surface area contributed by atoms with Crippen LogP contribution in [0.25, 0.3) is 11.3 Å². The van der Waals surface area contributed by atoms with Gasteiger partial charge in [0.2, 0.25) is 0 Å². The van der Waals surface area contributed by atoms with E-state index in [0.29, 0.717) is 10.8 Å². The smallest absolute Gasteiger partial charge is 0.413 e. The largest absolute Gasteiger partial charge is 0.444 e. The Kier molecular flexibility index (Phi) is 8.65. The second-order valence-corrected chi connectivity index (χ2v) is 8.97. The van der Waals surface area contributed by atoms with Crippen molar-refractivity contribution in [3.8, 4) is 11.3 Å². The molecule has 1 aromatic heterocycles. The molecular formula is C22H32N4O3S. The van der Waals surface area contributed by atoms with Crippen LogP contribution in [0.5, 0.6) is 0 Å². The van der Waals surface area contributed by atoms with Gasteiger partial charge in [0.25, 0.3) is 0 Å². The van der Waals surface area contributed by atoms with E-state index in [2.05, 4.69) is 34.8 Å². The molecule has 0 radical (unpaired) electrons. The van der Waals surface area contributed by atoms with Gasteiger partial charge in [-0.3, -0.25) is 5.32 Å². The van der Waals surface area contributed by atoms with Gasteiger partial charge in [-0.15, -0.1) is 11.3 Å². The zero-order chi connectivity index (χ0) is 22.1. The minimum Gasteiger partial charge on any atom is -0.444 e. The molecule has 0 saturated carbocycles. The van der Waals surface area contributed by atoms with E-state index in [4.69, 9.17) is 4.74 Å². The van der Waals surface area contributed by atoms with Gasteiger partial charge in [0.15, 0.2) is 5.13 Å². The third kappa shape index (κ3) is 8.02. The van der Waals surface area contributed by atoms with E-state index >= 15 is 0 Å². The number of carbonyl (C=O) groups excluding carboxylic acids is 2. The molecule has 7 nitrogen and oxygen atoms in total. The van der Waals surface area contributed by atoms with E-state index in [1.165, 1.54) is 11.3 Å². The number of benzene rings is 1. The highest BCUT2D eigenvalue weighted by Crippen LogP contribution is 2.26. The molecule has 2 rings (SSSR count). The normalized spacial score (nSPS) is 11.3. The van der Waals surface area contributed by atoms with E-state index in [1.807, 2.05) is 50.4 Å². The predicted octanol–water partition coefficient (Wildman–Crippen LogP) is 6.25. The third-order valence-electron chi connectivity index (χ3n) is 4.16. The molecule has 2 aromatic rings. The van der Waals surface area contributed by atoms with Crippen LogP contribution < -0.4 is 16.0 Å². The lowest BCUT2D eigenvalue weighted by atomic mass is 10.1. The summed E-state index contributed by atoms with van der Waals surface area (Å²) in [5.74, 6) is 0. The molecule has 30 heavy (non-hydrogen) atoms. The van der Waals surface area contributed by atoms with Crippen LogP contribution in [0.15, 0.2) is 29.6 Å². The number of anilines is 2. The molecule has 164 valence electrons. The number of nitrogens with one attached hydrogen (secondary N) is 3.